The minimum Gasteiger partial charge on any atom is -0.444 e. The Kier molecular flexibility index (Phi) is 5.72. The molecule has 0 spiro atoms. The lowest BCUT2D eigenvalue weighted by Crippen LogP contribution is -2.51. The van der Waals surface area contributed by atoms with Gasteiger partial charge in [0.2, 0.25) is 5.91 Å². The molecule has 0 saturated carbocycles. The molecule has 0 unspecified atom stereocenters. The molecule has 4 N–H and O–H groups in total. The van der Waals surface area contributed by atoms with Gasteiger partial charge in [0.25, 0.3) is 0 Å². The van der Waals surface area contributed by atoms with Crippen molar-refractivity contribution in [1.29, 1.82) is 0 Å². The Balaban J connectivity index is 2.78. The third-order valence-corrected chi connectivity index (χ3v) is 2.67. The monoisotopic (exact) mass is 294 g/mol. The maximum atomic E-state index is 11.8. The average molecular weight is 294 g/mol. The highest BCUT2D eigenvalue weighted by Crippen LogP contribution is 2.10. The van der Waals surface area contributed by atoms with Gasteiger partial charge in [-0.1, -0.05) is 30.3 Å². The van der Waals surface area contributed by atoms with Gasteiger partial charge in [-0.15, -0.1) is 0 Å². The second kappa shape index (κ2) is 7.08. The topological polar surface area (TPSA) is 102 Å². The van der Waals surface area contributed by atoms with Gasteiger partial charge < -0.3 is 20.9 Å². The Labute approximate surface area is 124 Å². The van der Waals surface area contributed by atoms with Gasteiger partial charge in [-0.3, -0.25) is 4.79 Å². The number of hydrogen-bond donors (Lipinski definition) is 3. The minimum absolute atomic E-state index is 0.268. The van der Waals surface area contributed by atoms with Gasteiger partial charge in [0.1, 0.15) is 5.60 Å². The van der Waals surface area contributed by atoms with E-state index in [1.807, 2.05) is 30.3 Å². The maximum absolute atomic E-state index is 11.8. The van der Waals surface area contributed by atoms with Crippen LogP contribution in [0.25, 0.3) is 0 Å². The molecule has 0 aliphatic rings. The van der Waals surface area contributed by atoms with Crippen LogP contribution in [0.3, 0.4) is 0 Å². The number of hydrogen-bond acceptors (Lipinski definition) is 4. The van der Waals surface area contributed by atoms with Crippen LogP contribution in [0.15, 0.2) is 30.3 Å². The Morgan fingerprint density at radius 2 is 1.86 bits per heavy atom. The Bertz CT molecular complexity index is 482. The number of aliphatic hydroxyl groups is 1. The third kappa shape index (κ3) is 6.27. The highest BCUT2D eigenvalue weighted by Gasteiger charge is 2.28. The fraction of sp³-hybridized carbons (Fsp3) is 0.467. The summed E-state index contributed by atoms with van der Waals surface area (Å²) in [6.07, 6.45) is -1.93. The maximum Gasteiger partial charge on any atom is 0.407 e. The van der Waals surface area contributed by atoms with E-state index in [-0.39, 0.29) is 6.42 Å². The van der Waals surface area contributed by atoms with Crippen LogP contribution in [0.4, 0.5) is 4.79 Å². The van der Waals surface area contributed by atoms with Crippen LogP contribution in [-0.2, 0) is 16.0 Å². The van der Waals surface area contributed by atoms with Crippen LogP contribution < -0.4 is 11.1 Å². The van der Waals surface area contributed by atoms with Gasteiger partial charge in [0, 0.05) is 0 Å². The SMILES string of the molecule is CC(C)(C)OC(=O)N[C@H](Cc1ccccc1)[C@H](O)C(N)=O. The number of benzene rings is 1. The van der Waals surface area contributed by atoms with Gasteiger partial charge in [0.05, 0.1) is 6.04 Å². The number of carbonyl (C=O) groups is 2. The number of amides is 2. The van der Waals surface area contributed by atoms with Gasteiger partial charge in [-0.2, -0.15) is 0 Å². The van der Waals surface area contributed by atoms with Crippen molar-refractivity contribution in [3.63, 3.8) is 0 Å². The standard InChI is InChI=1S/C15H22N2O4/c1-15(2,3)21-14(20)17-11(12(18)13(16)19)9-10-7-5-4-6-8-10/h4-8,11-12,18H,9H2,1-3H3,(H2,16,19)(H,17,20)/t11-,12+/m1/s1. The highest BCUT2D eigenvalue weighted by molar-refractivity contribution is 5.80. The number of carbonyl (C=O) groups excluding carboxylic acids is 2. The van der Waals surface area contributed by atoms with E-state index in [2.05, 4.69) is 5.32 Å². The summed E-state index contributed by atoms with van der Waals surface area (Å²) < 4.78 is 5.12. The molecule has 1 aromatic carbocycles. The van der Waals surface area contributed by atoms with Crippen molar-refractivity contribution in [2.45, 2.75) is 44.9 Å². The van der Waals surface area contributed by atoms with Crippen molar-refractivity contribution in [3.8, 4) is 0 Å². The first kappa shape index (κ1) is 17.0. The number of rotatable bonds is 5. The van der Waals surface area contributed by atoms with Crippen molar-refractivity contribution < 1.29 is 19.4 Å². The van der Waals surface area contributed by atoms with E-state index >= 15 is 0 Å². The normalized spacial score (nSPS) is 14.1. The smallest absolute Gasteiger partial charge is 0.407 e. The average Bonchev–Trinajstić information content (AvgIpc) is 2.36. The zero-order chi connectivity index (χ0) is 16.0. The third-order valence-electron chi connectivity index (χ3n) is 2.67. The Morgan fingerprint density at radius 1 is 1.29 bits per heavy atom. The predicted octanol–water partition coefficient (Wildman–Crippen LogP) is 0.969. The highest BCUT2D eigenvalue weighted by atomic mass is 16.6. The largest absolute Gasteiger partial charge is 0.444 e. The zero-order valence-corrected chi connectivity index (χ0v) is 12.5. The van der Waals surface area contributed by atoms with Crippen LogP contribution in [0.5, 0.6) is 0 Å². The van der Waals surface area contributed by atoms with Crippen molar-refractivity contribution in [2.75, 3.05) is 0 Å². The number of ether oxygens (including phenoxy) is 1. The van der Waals surface area contributed by atoms with Crippen LogP contribution in [0.1, 0.15) is 26.3 Å². The molecule has 1 aromatic rings. The molecule has 0 fully saturated rings. The molecule has 0 radical (unpaired) electrons. The summed E-state index contributed by atoms with van der Waals surface area (Å²) in [5.41, 5.74) is 5.30. The summed E-state index contributed by atoms with van der Waals surface area (Å²) >= 11 is 0. The van der Waals surface area contributed by atoms with E-state index in [0.717, 1.165) is 5.56 Å². The lowest BCUT2D eigenvalue weighted by atomic mass is 10.0. The van der Waals surface area contributed by atoms with E-state index < -0.39 is 29.7 Å². The van der Waals surface area contributed by atoms with E-state index in [0.29, 0.717) is 0 Å². The molecule has 116 valence electrons. The minimum atomic E-state index is -1.49. The summed E-state index contributed by atoms with van der Waals surface area (Å²) in [4.78, 5) is 23.0. The number of alkyl carbamates (subject to hydrolysis) is 1. The lowest BCUT2D eigenvalue weighted by molar-refractivity contribution is -0.127. The fourth-order valence-corrected chi connectivity index (χ4v) is 1.77. The van der Waals surface area contributed by atoms with Crippen LogP contribution in [-0.4, -0.2) is 34.9 Å². The van der Waals surface area contributed by atoms with Crippen molar-refractivity contribution in [1.82, 2.24) is 5.32 Å². The van der Waals surface area contributed by atoms with Gasteiger partial charge in [-0.05, 0) is 32.8 Å². The predicted molar refractivity (Wildman–Crippen MR) is 78.5 cm³/mol. The fourth-order valence-electron chi connectivity index (χ4n) is 1.77. The molecule has 0 aliphatic heterocycles. The molecule has 21 heavy (non-hydrogen) atoms. The van der Waals surface area contributed by atoms with E-state index in [9.17, 15) is 14.7 Å². The first-order valence-corrected chi connectivity index (χ1v) is 6.70. The molecule has 6 nitrogen and oxygen atoms in total. The van der Waals surface area contributed by atoms with Crippen LogP contribution in [0, 0.1) is 0 Å². The molecule has 2 atom stereocenters. The van der Waals surface area contributed by atoms with Gasteiger partial charge in [0.15, 0.2) is 6.10 Å². The first-order valence-electron chi connectivity index (χ1n) is 6.70. The van der Waals surface area contributed by atoms with Crippen molar-refractivity contribution in [3.05, 3.63) is 35.9 Å². The zero-order valence-electron chi connectivity index (χ0n) is 12.5. The van der Waals surface area contributed by atoms with E-state index in [1.54, 1.807) is 20.8 Å². The molecular formula is C15H22N2O4. The lowest BCUT2D eigenvalue weighted by Gasteiger charge is -2.25. The quantitative estimate of drug-likeness (QED) is 0.753. The summed E-state index contributed by atoms with van der Waals surface area (Å²) in [7, 11) is 0. The number of primary amides is 1. The summed E-state index contributed by atoms with van der Waals surface area (Å²) in [5, 5.41) is 12.3. The van der Waals surface area contributed by atoms with Gasteiger partial charge in [-0.25, -0.2) is 4.79 Å². The molecule has 2 amide bonds. The van der Waals surface area contributed by atoms with Crippen molar-refractivity contribution in [2.24, 2.45) is 5.73 Å². The van der Waals surface area contributed by atoms with E-state index in [4.69, 9.17) is 10.5 Å². The molecule has 6 heteroatoms. The van der Waals surface area contributed by atoms with E-state index in [1.165, 1.54) is 0 Å². The molecule has 0 aromatic heterocycles. The summed E-state index contributed by atoms with van der Waals surface area (Å²) in [6, 6.07) is 8.33. The first-order chi connectivity index (χ1) is 9.69. The number of nitrogens with one attached hydrogen (secondary N) is 1. The Hall–Kier alpha value is -2.08. The van der Waals surface area contributed by atoms with Crippen LogP contribution >= 0.6 is 0 Å². The summed E-state index contributed by atoms with van der Waals surface area (Å²) in [5.74, 6) is -0.896. The molecule has 0 bridgehead atoms. The molecule has 0 aliphatic carbocycles. The van der Waals surface area contributed by atoms with Crippen LogP contribution in [0.2, 0.25) is 0 Å². The molecule has 1 rings (SSSR count). The summed E-state index contributed by atoms with van der Waals surface area (Å²) in [6.45, 7) is 5.18. The molecule has 0 saturated heterocycles. The number of nitrogens with two attached hydrogens (primary N) is 1. The van der Waals surface area contributed by atoms with Crippen molar-refractivity contribution >= 4 is 12.0 Å². The Morgan fingerprint density at radius 3 is 2.33 bits per heavy atom. The second-order valence-electron chi connectivity index (χ2n) is 5.79. The molecular weight excluding hydrogens is 272 g/mol. The second-order valence-corrected chi connectivity index (χ2v) is 5.79. The van der Waals surface area contributed by atoms with Gasteiger partial charge >= 0.3 is 6.09 Å². The molecule has 0 heterocycles. The number of aliphatic hydroxyl groups excluding tert-OH is 1.